The average molecular weight is 387 g/mol. The minimum absolute atomic E-state index is 0.0121. The van der Waals surface area contributed by atoms with Crippen molar-refractivity contribution in [2.24, 2.45) is 0 Å². The van der Waals surface area contributed by atoms with Gasteiger partial charge in [0.25, 0.3) is 0 Å². The molecule has 24 heavy (non-hydrogen) atoms. The molecule has 0 fully saturated rings. The van der Waals surface area contributed by atoms with Gasteiger partial charge in [-0.05, 0) is 64.5 Å². The third kappa shape index (κ3) is 5.15. The Kier molecular flexibility index (Phi) is 6.53. The van der Waals surface area contributed by atoms with Gasteiger partial charge in [0.15, 0.2) is 0 Å². The van der Waals surface area contributed by atoms with E-state index in [1.165, 1.54) is 18.2 Å². The fraction of sp³-hybridized carbons (Fsp3) is 0.188. The number of aryl methyl sites for hydroxylation is 1. The monoisotopic (exact) mass is 386 g/mol. The van der Waals surface area contributed by atoms with Gasteiger partial charge in [0.2, 0.25) is 0 Å². The molecule has 0 aliphatic heterocycles. The normalized spacial score (nSPS) is 11.1. The van der Waals surface area contributed by atoms with Crippen molar-refractivity contribution in [1.29, 1.82) is 0 Å². The molecule has 0 heterocycles. The maximum absolute atomic E-state index is 12.4. The summed E-state index contributed by atoms with van der Waals surface area (Å²) in [4.78, 5) is 10.9. The molecule has 0 radical (unpaired) electrons. The molecule has 0 aliphatic carbocycles. The summed E-state index contributed by atoms with van der Waals surface area (Å²) in [5.74, 6) is 0.576. The third-order valence-corrected chi connectivity index (χ3v) is 5.13. The SMILES string of the molecule is Cc1cc(OCCC=O)cc(OS(=O)(=O)c2cccc(SCl)c2)c1. The summed E-state index contributed by atoms with van der Waals surface area (Å²) >= 11 is 0. The first-order valence-electron chi connectivity index (χ1n) is 6.96. The molecule has 0 aromatic heterocycles. The molecule has 0 saturated heterocycles. The Hall–Kier alpha value is -1.70. The Bertz CT molecular complexity index is 821. The number of carbonyl (C=O) groups excluding carboxylic acids is 1. The lowest BCUT2D eigenvalue weighted by molar-refractivity contribution is -0.108. The first-order valence-corrected chi connectivity index (χ1v) is 10.0. The van der Waals surface area contributed by atoms with E-state index >= 15 is 0 Å². The van der Waals surface area contributed by atoms with Crippen molar-refractivity contribution in [2.75, 3.05) is 6.61 Å². The van der Waals surface area contributed by atoms with Crippen molar-refractivity contribution in [1.82, 2.24) is 0 Å². The number of halogens is 1. The van der Waals surface area contributed by atoms with Gasteiger partial charge in [-0.3, -0.25) is 0 Å². The molecule has 2 rings (SSSR count). The lowest BCUT2D eigenvalue weighted by Gasteiger charge is -2.11. The van der Waals surface area contributed by atoms with Crippen molar-refractivity contribution in [3.8, 4) is 11.5 Å². The largest absolute Gasteiger partial charge is 0.493 e. The van der Waals surface area contributed by atoms with E-state index in [2.05, 4.69) is 0 Å². The van der Waals surface area contributed by atoms with Crippen LogP contribution in [-0.4, -0.2) is 21.3 Å². The first kappa shape index (κ1) is 18.6. The van der Waals surface area contributed by atoms with Crippen LogP contribution in [0.5, 0.6) is 11.5 Å². The average Bonchev–Trinajstić information content (AvgIpc) is 2.54. The maximum atomic E-state index is 12.4. The first-order chi connectivity index (χ1) is 11.4. The molecular weight excluding hydrogens is 372 g/mol. The lowest BCUT2D eigenvalue weighted by atomic mass is 10.2. The minimum atomic E-state index is -3.99. The lowest BCUT2D eigenvalue weighted by Crippen LogP contribution is -2.10. The van der Waals surface area contributed by atoms with Gasteiger partial charge in [-0.25, -0.2) is 0 Å². The Morgan fingerprint density at radius 2 is 1.92 bits per heavy atom. The van der Waals surface area contributed by atoms with Crippen molar-refractivity contribution in [2.45, 2.75) is 23.1 Å². The topological polar surface area (TPSA) is 69.7 Å². The molecule has 0 saturated carbocycles. The van der Waals surface area contributed by atoms with Gasteiger partial charge < -0.3 is 13.7 Å². The van der Waals surface area contributed by atoms with Gasteiger partial charge in [-0.2, -0.15) is 8.42 Å². The smallest absolute Gasteiger partial charge is 0.339 e. The maximum Gasteiger partial charge on any atom is 0.339 e. The number of hydrogen-bond acceptors (Lipinski definition) is 6. The Balaban J connectivity index is 2.23. The van der Waals surface area contributed by atoms with E-state index in [1.54, 1.807) is 31.2 Å². The molecule has 0 unspecified atom stereocenters. The highest BCUT2D eigenvalue weighted by Crippen LogP contribution is 2.28. The summed E-state index contributed by atoms with van der Waals surface area (Å²) in [5.41, 5.74) is 0.772. The predicted octanol–water partition coefficient (Wildman–Crippen LogP) is 3.98. The number of carbonyl (C=O) groups is 1. The Labute approximate surface area is 149 Å². The van der Waals surface area contributed by atoms with Gasteiger partial charge in [-0.15, -0.1) is 0 Å². The Morgan fingerprint density at radius 1 is 1.17 bits per heavy atom. The fourth-order valence-electron chi connectivity index (χ4n) is 1.92. The van der Waals surface area contributed by atoms with Gasteiger partial charge in [0.05, 0.1) is 6.61 Å². The summed E-state index contributed by atoms with van der Waals surface area (Å²) in [7, 11) is 2.59. The molecular formula is C16H15ClO5S2. The predicted molar refractivity (Wildman–Crippen MR) is 93.3 cm³/mol. The van der Waals surface area contributed by atoms with Crippen molar-refractivity contribution in [3.63, 3.8) is 0 Å². The van der Waals surface area contributed by atoms with Gasteiger partial charge in [0.1, 0.15) is 22.7 Å². The number of hydrogen-bond donors (Lipinski definition) is 0. The van der Waals surface area contributed by atoms with E-state index in [-0.39, 0.29) is 23.7 Å². The second-order valence-electron chi connectivity index (χ2n) is 4.88. The molecule has 0 spiro atoms. The third-order valence-electron chi connectivity index (χ3n) is 2.92. The molecule has 5 nitrogen and oxygen atoms in total. The van der Waals surface area contributed by atoms with Gasteiger partial charge in [0, 0.05) is 17.4 Å². The summed E-state index contributed by atoms with van der Waals surface area (Å²) < 4.78 is 35.4. The highest BCUT2D eigenvalue weighted by molar-refractivity contribution is 8.21. The van der Waals surface area contributed by atoms with Crippen LogP contribution in [0.4, 0.5) is 0 Å². The molecule has 0 aliphatic rings. The summed E-state index contributed by atoms with van der Waals surface area (Å²) in [5, 5.41) is 0. The van der Waals surface area contributed by atoms with Crippen molar-refractivity contribution >= 4 is 38.1 Å². The molecule has 2 aromatic rings. The van der Waals surface area contributed by atoms with Crippen LogP contribution in [0.1, 0.15) is 12.0 Å². The summed E-state index contributed by atoms with van der Waals surface area (Å²) in [6, 6.07) is 10.9. The van der Waals surface area contributed by atoms with Gasteiger partial charge in [-0.1, -0.05) is 6.07 Å². The standard InChI is InChI=1S/C16H15ClO5S2/c1-12-8-13(21-7-3-6-18)10-14(9-12)22-24(19,20)16-5-2-4-15(11-16)23-17/h2,4-6,8-11H,3,7H2,1H3. The van der Waals surface area contributed by atoms with Crippen LogP contribution < -0.4 is 8.92 Å². The quantitative estimate of drug-likeness (QED) is 0.388. The number of aldehydes is 1. The zero-order valence-corrected chi connectivity index (χ0v) is 15.2. The zero-order chi connectivity index (χ0) is 17.6. The summed E-state index contributed by atoms with van der Waals surface area (Å²) in [6.45, 7) is 2.00. The van der Waals surface area contributed by atoms with E-state index in [1.807, 2.05) is 0 Å². The zero-order valence-electron chi connectivity index (χ0n) is 12.8. The molecule has 128 valence electrons. The molecule has 0 atom stereocenters. The second-order valence-corrected chi connectivity index (χ2v) is 7.51. The second kappa shape index (κ2) is 8.41. The van der Waals surface area contributed by atoms with Crippen molar-refractivity contribution < 1.29 is 22.1 Å². The van der Waals surface area contributed by atoms with Crippen LogP contribution in [0.15, 0.2) is 52.3 Å². The molecule has 0 N–H and O–H groups in total. The number of ether oxygens (including phenoxy) is 1. The van der Waals surface area contributed by atoms with Crippen LogP contribution in [0.25, 0.3) is 0 Å². The van der Waals surface area contributed by atoms with E-state index < -0.39 is 10.1 Å². The molecule has 0 bridgehead atoms. The van der Waals surface area contributed by atoms with E-state index in [0.717, 1.165) is 22.8 Å². The number of benzene rings is 2. The number of rotatable bonds is 8. The van der Waals surface area contributed by atoms with E-state index in [9.17, 15) is 13.2 Å². The molecule has 2 aromatic carbocycles. The highest BCUT2D eigenvalue weighted by atomic mass is 35.7. The van der Waals surface area contributed by atoms with Crippen LogP contribution in [-0.2, 0) is 14.9 Å². The van der Waals surface area contributed by atoms with E-state index in [4.69, 9.17) is 19.6 Å². The minimum Gasteiger partial charge on any atom is -0.493 e. The summed E-state index contributed by atoms with van der Waals surface area (Å²) in [6.07, 6.45) is 1.00. The van der Waals surface area contributed by atoms with Gasteiger partial charge >= 0.3 is 10.1 Å². The van der Waals surface area contributed by atoms with Crippen LogP contribution in [0, 0.1) is 6.92 Å². The highest BCUT2D eigenvalue weighted by Gasteiger charge is 2.18. The molecule has 8 heteroatoms. The Morgan fingerprint density at radius 3 is 2.62 bits per heavy atom. The van der Waals surface area contributed by atoms with Crippen LogP contribution >= 0.6 is 21.7 Å². The van der Waals surface area contributed by atoms with Crippen LogP contribution in [0.3, 0.4) is 0 Å². The fourth-order valence-corrected chi connectivity index (χ4v) is 3.55. The van der Waals surface area contributed by atoms with Crippen LogP contribution in [0.2, 0.25) is 0 Å². The molecule has 0 amide bonds. The van der Waals surface area contributed by atoms with Crippen molar-refractivity contribution in [3.05, 3.63) is 48.0 Å². The van der Waals surface area contributed by atoms with E-state index in [0.29, 0.717) is 10.6 Å².